The quantitative estimate of drug-likeness (QED) is 0.706. The van der Waals surface area contributed by atoms with Gasteiger partial charge in [0.25, 0.3) is 0 Å². The lowest BCUT2D eigenvalue weighted by Gasteiger charge is -2.32. The van der Waals surface area contributed by atoms with Crippen LogP contribution in [0.5, 0.6) is 0 Å². The van der Waals surface area contributed by atoms with E-state index in [0.717, 1.165) is 25.9 Å². The van der Waals surface area contributed by atoms with Gasteiger partial charge in [0.15, 0.2) is 0 Å². The second kappa shape index (κ2) is 6.01. The number of nitrogens with zero attached hydrogens (tertiary/aromatic N) is 2. The summed E-state index contributed by atoms with van der Waals surface area (Å²) < 4.78 is 0. The van der Waals surface area contributed by atoms with Crippen molar-refractivity contribution in [3.05, 3.63) is 12.7 Å². The van der Waals surface area contributed by atoms with E-state index < -0.39 is 0 Å². The van der Waals surface area contributed by atoms with Crippen molar-refractivity contribution >= 4 is 5.91 Å². The fourth-order valence-corrected chi connectivity index (χ4v) is 2.26. The molecular formula is C12H23N3O. The fraction of sp³-hybridized carbons (Fsp3) is 0.750. The van der Waals surface area contributed by atoms with Crippen LogP contribution in [-0.4, -0.2) is 54.5 Å². The van der Waals surface area contributed by atoms with Gasteiger partial charge >= 0.3 is 0 Å². The molecule has 1 fully saturated rings. The summed E-state index contributed by atoms with van der Waals surface area (Å²) in [5.41, 5.74) is 5.60. The van der Waals surface area contributed by atoms with Gasteiger partial charge in [-0.15, -0.1) is 6.58 Å². The van der Waals surface area contributed by atoms with Crippen LogP contribution in [0.3, 0.4) is 0 Å². The Morgan fingerprint density at radius 1 is 1.62 bits per heavy atom. The van der Waals surface area contributed by atoms with Crippen molar-refractivity contribution in [3.63, 3.8) is 0 Å². The molecule has 1 aliphatic heterocycles. The molecule has 1 aliphatic rings. The third-order valence-corrected chi connectivity index (χ3v) is 3.29. The number of carbonyl (C=O) groups excluding carboxylic acids is 1. The van der Waals surface area contributed by atoms with Crippen LogP contribution in [0.1, 0.15) is 19.8 Å². The smallest absolute Gasteiger partial charge is 0.239 e. The molecule has 1 amide bonds. The van der Waals surface area contributed by atoms with Crippen LogP contribution in [0.25, 0.3) is 0 Å². The average molecular weight is 225 g/mol. The van der Waals surface area contributed by atoms with E-state index in [0.29, 0.717) is 12.6 Å². The molecule has 0 aliphatic carbocycles. The van der Waals surface area contributed by atoms with E-state index in [2.05, 4.69) is 18.4 Å². The minimum Gasteiger partial charge on any atom is -0.344 e. The number of hydrogen-bond donors (Lipinski definition) is 1. The van der Waals surface area contributed by atoms with Crippen molar-refractivity contribution < 1.29 is 4.79 Å². The predicted molar refractivity (Wildman–Crippen MR) is 66.1 cm³/mol. The second-order valence-corrected chi connectivity index (χ2v) is 4.48. The van der Waals surface area contributed by atoms with E-state index in [1.54, 1.807) is 0 Å². The van der Waals surface area contributed by atoms with Gasteiger partial charge in [-0.25, -0.2) is 0 Å². The summed E-state index contributed by atoms with van der Waals surface area (Å²) >= 11 is 0. The monoisotopic (exact) mass is 225 g/mol. The molecule has 0 spiro atoms. The van der Waals surface area contributed by atoms with E-state index in [1.807, 2.05) is 18.0 Å². The summed E-state index contributed by atoms with van der Waals surface area (Å²) in [5.74, 6) is 0.191. The summed E-state index contributed by atoms with van der Waals surface area (Å²) in [5, 5.41) is 0. The molecule has 1 rings (SSSR count). The Balaban J connectivity index is 2.87. The highest BCUT2D eigenvalue weighted by molar-refractivity contribution is 5.82. The Morgan fingerprint density at radius 2 is 2.31 bits per heavy atom. The highest BCUT2D eigenvalue weighted by atomic mass is 16.2. The van der Waals surface area contributed by atoms with E-state index in [1.165, 1.54) is 0 Å². The van der Waals surface area contributed by atoms with Crippen LogP contribution < -0.4 is 5.73 Å². The summed E-state index contributed by atoms with van der Waals surface area (Å²) in [4.78, 5) is 16.2. The van der Waals surface area contributed by atoms with E-state index in [4.69, 9.17) is 5.73 Å². The first kappa shape index (κ1) is 13.2. The molecule has 0 bridgehead atoms. The molecule has 2 atom stereocenters. The van der Waals surface area contributed by atoms with Crippen molar-refractivity contribution in [2.45, 2.75) is 31.8 Å². The predicted octanol–water partition coefficient (Wildman–Crippen LogP) is 0.442. The number of nitrogens with two attached hydrogens (primary N) is 1. The molecule has 1 heterocycles. The Labute approximate surface area is 98.1 Å². The molecule has 0 aromatic carbocycles. The summed E-state index contributed by atoms with van der Waals surface area (Å²) in [7, 11) is 1.87. The second-order valence-electron chi connectivity index (χ2n) is 4.48. The van der Waals surface area contributed by atoms with Gasteiger partial charge in [-0.1, -0.05) is 6.08 Å². The van der Waals surface area contributed by atoms with Crippen LogP contribution in [0.2, 0.25) is 0 Å². The Bertz CT molecular complexity index is 255. The van der Waals surface area contributed by atoms with Crippen LogP contribution in [0, 0.1) is 0 Å². The normalized spacial score (nSPS) is 27.9. The van der Waals surface area contributed by atoms with Gasteiger partial charge in [0.05, 0.1) is 6.04 Å². The van der Waals surface area contributed by atoms with Crippen LogP contribution in [0.4, 0.5) is 0 Å². The Morgan fingerprint density at radius 3 is 2.88 bits per heavy atom. The summed E-state index contributed by atoms with van der Waals surface area (Å²) in [6.45, 7) is 8.06. The van der Waals surface area contributed by atoms with Gasteiger partial charge < -0.3 is 10.6 Å². The van der Waals surface area contributed by atoms with E-state index >= 15 is 0 Å². The molecule has 2 N–H and O–H groups in total. The molecule has 0 aromatic rings. The molecule has 4 heteroatoms. The first-order valence-electron chi connectivity index (χ1n) is 5.93. The lowest BCUT2D eigenvalue weighted by molar-refractivity contribution is -0.134. The molecule has 1 saturated heterocycles. The van der Waals surface area contributed by atoms with Crippen LogP contribution in [0.15, 0.2) is 12.7 Å². The van der Waals surface area contributed by atoms with Gasteiger partial charge in [-0.3, -0.25) is 9.69 Å². The first-order valence-corrected chi connectivity index (χ1v) is 5.93. The maximum Gasteiger partial charge on any atom is 0.239 e. The lowest BCUT2D eigenvalue weighted by Crippen LogP contribution is -2.48. The van der Waals surface area contributed by atoms with Gasteiger partial charge in [-0.2, -0.15) is 0 Å². The third-order valence-electron chi connectivity index (χ3n) is 3.29. The summed E-state index contributed by atoms with van der Waals surface area (Å²) in [6, 6.07) is 0.328. The maximum atomic E-state index is 12.2. The Hall–Kier alpha value is -0.870. The molecule has 0 radical (unpaired) electrons. The fourth-order valence-electron chi connectivity index (χ4n) is 2.26. The maximum absolute atomic E-state index is 12.2. The van der Waals surface area contributed by atoms with Crippen molar-refractivity contribution in [1.29, 1.82) is 0 Å². The van der Waals surface area contributed by atoms with Gasteiger partial charge in [0.2, 0.25) is 5.91 Å². The van der Waals surface area contributed by atoms with Gasteiger partial charge in [0.1, 0.15) is 0 Å². The molecule has 0 aromatic heterocycles. The van der Waals surface area contributed by atoms with Crippen molar-refractivity contribution in [1.82, 2.24) is 9.80 Å². The lowest BCUT2D eigenvalue weighted by atomic mass is 10.1. The number of amides is 1. The molecule has 16 heavy (non-hydrogen) atoms. The zero-order valence-corrected chi connectivity index (χ0v) is 10.4. The average Bonchev–Trinajstić information content (AvgIpc) is 2.36. The van der Waals surface area contributed by atoms with Crippen molar-refractivity contribution in [2.24, 2.45) is 5.73 Å². The minimum absolute atomic E-state index is 0.0782. The van der Waals surface area contributed by atoms with Crippen molar-refractivity contribution in [2.75, 3.05) is 26.7 Å². The van der Waals surface area contributed by atoms with E-state index in [-0.39, 0.29) is 11.9 Å². The topological polar surface area (TPSA) is 49.6 Å². The van der Waals surface area contributed by atoms with E-state index in [9.17, 15) is 4.79 Å². The number of likely N-dealkylation sites (N-methyl/N-ethyl adjacent to an activating group) is 1. The largest absolute Gasteiger partial charge is 0.344 e. The standard InChI is InChI=1S/C12H23N3O/c1-4-8-15-10(2)6-9-14(3)12(16)11(15)5-7-13/h4,10-11H,1,5-9,13H2,2-3H3. The van der Waals surface area contributed by atoms with Crippen molar-refractivity contribution in [3.8, 4) is 0 Å². The highest BCUT2D eigenvalue weighted by Crippen LogP contribution is 2.18. The zero-order valence-electron chi connectivity index (χ0n) is 10.4. The molecular weight excluding hydrogens is 202 g/mol. The molecule has 2 unspecified atom stereocenters. The summed E-state index contributed by atoms with van der Waals surface area (Å²) in [6.07, 6.45) is 3.59. The van der Waals surface area contributed by atoms with Crippen LogP contribution in [-0.2, 0) is 4.79 Å². The molecule has 92 valence electrons. The SMILES string of the molecule is C=CCN1C(C)CCN(C)C(=O)C1CCN. The molecule has 4 nitrogen and oxygen atoms in total. The number of rotatable bonds is 4. The van der Waals surface area contributed by atoms with Gasteiger partial charge in [0, 0.05) is 26.2 Å². The molecule has 0 saturated carbocycles. The van der Waals surface area contributed by atoms with Crippen LogP contribution >= 0.6 is 0 Å². The number of hydrogen-bond acceptors (Lipinski definition) is 3. The Kier molecular flexibility index (Phi) is 4.96. The first-order chi connectivity index (χ1) is 7.61. The third kappa shape index (κ3) is 2.83. The minimum atomic E-state index is -0.0782. The number of carbonyl (C=O) groups is 1. The van der Waals surface area contributed by atoms with Gasteiger partial charge in [-0.05, 0) is 26.3 Å². The highest BCUT2D eigenvalue weighted by Gasteiger charge is 2.33. The zero-order chi connectivity index (χ0) is 12.1.